The first-order valence-electron chi connectivity index (χ1n) is 7.41. The predicted molar refractivity (Wildman–Crippen MR) is 88.6 cm³/mol. The standard InChI is InChI=1S/C16H21ClN4O2/c1-10(2)12-6-13(17)11(3)5-14(12)23-8-16(22)18-7-15-20-19-9-21(15)4/h5-6,9-10H,7-8H2,1-4H3,(H,18,22). The zero-order chi connectivity index (χ0) is 17.0. The summed E-state index contributed by atoms with van der Waals surface area (Å²) in [5.74, 6) is 1.42. The zero-order valence-corrected chi connectivity index (χ0v) is 14.5. The molecule has 1 aromatic heterocycles. The molecule has 23 heavy (non-hydrogen) atoms. The van der Waals surface area contributed by atoms with Crippen LogP contribution >= 0.6 is 11.6 Å². The summed E-state index contributed by atoms with van der Waals surface area (Å²) in [6.45, 7) is 6.28. The molecule has 0 atom stereocenters. The van der Waals surface area contributed by atoms with Crippen LogP contribution in [0.1, 0.15) is 36.7 Å². The summed E-state index contributed by atoms with van der Waals surface area (Å²) in [5.41, 5.74) is 1.91. The van der Waals surface area contributed by atoms with Crippen LogP contribution in [-0.2, 0) is 18.4 Å². The quantitative estimate of drug-likeness (QED) is 0.880. The molecule has 7 heteroatoms. The molecule has 1 N–H and O–H groups in total. The first-order chi connectivity index (χ1) is 10.9. The van der Waals surface area contributed by atoms with Crippen molar-refractivity contribution < 1.29 is 9.53 Å². The number of nitrogens with one attached hydrogen (secondary N) is 1. The summed E-state index contributed by atoms with van der Waals surface area (Å²) in [4.78, 5) is 11.9. The van der Waals surface area contributed by atoms with Crippen LogP contribution in [0.4, 0.5) is 0 Å². The molecule has 0 saturated carbocycles. The molecule has 0 saturated heterocycles. The number of nitrogens with zero attached hydrogens (tertiary/aromatic N) is 3. The van der Waals surface area contributed by atoms with E-state index < -0.39 is 0 Å². The van der Waals surface area contributed by atoms with Crippen molar-refractivity contribution in [1.29, 1.82) is 0 Å². The average Bonchev–Trinajstić information content (AvgIpc) is 2.91. The molecule has 1 heterocycles. The lowest BCUT2D eigenvalue weighted by Gasteiger charge is -2.15. The van der Waals surface area contributed by atoms with Gasteiger partial charge in [0.1, 0.15) is 12.1 Å². The number of aryl methyl sites for hydroxylation is 2. The Morgan fingerprint density at radius 2 is 2.17 bits per heavy atom. The molecule has 124 valence electrons. The number of rotatable bonds is 6. The molecule has 1 aromatic carbocycles. The van der Waals surface area contributed by atoms with Crippen LogP contribution in [0.2, 0.25) is 5.02 Å². The monoisotopic (exact) mass is 336 g/mol. The van der Waals surface area contributed by atoms with Crippen LogP contribution < -0.4 is 10.1 Å². The normalized spacial score (nSPS) is 10.9. The van der Waals surface area contributed by atoms with Gasteiger partial charge in [-0.3, -0.25) is 4.79 Å². The maximum Gasteiger partial charge on any atom is 0.258 e. The van der Waals surface area contributed by atoms with Gasteiger partial charge in [-0.15, -0.1) is 10.2 Å². The van der Waals surface area contributed by atoms with Gasteiger partial charge in [-0.2, -0.15) is 0 Å². The minimum atomic E-state index is -0.213. The van der Waals surface area contributed by atoms with Crippen molar-refractivity contribution in [3.63, 3.8) is 0 Å². The fraction of sp³-hybridized carbons (Fsp3) is 0.438. The molecule has 0 aliphatic heterocycles. The second-order valence-electron chi connectivity index (χ2n) is 5.72. The van der Waals surface area contributed by atoms with E-state index in [1.165, 1.54) is 0 Å². The van der Waals surface area contributed by atoms with E-state index in [4.69, 9.17) is 16.3 Å². The molecular formula is C16H21ClN4O2. The molecule has 0 unspecified atom stereocenters. The van der Waals surface area contributed by atoms with Crippen LogP contribution in [-0.4, -0.2) is 27.3 Å². The highest BCUT2D eigenvalue weighted by atomic mass is 35.5. The zero-order valence-electron chi connectivity index (χ0n) is 13.8. The maximum atomic E-state index is 11.9. The third-order valence-electron chi connectivity index (χ3n) is 3.52. The molecule has 0 aliphatic rings. The van der Waals surface area contributed by atoms with E-state index in [9.17, 15) is 4.79 Å². The minimum absolute atomic E-state index is 0.0569. The number of halogens is 1. The Labute approximate surface area is 140 Å². The SMILES string of the molecule is Cc1cc(OCC(=O)NCc2nncn2C)c(C(C)C)cc1Cl. The Morgan fingerprint density at radius 1 is 1.43 bits per heavy atom. The Bertz CT molecular complexity index is 697. The lowest BCUT2D eigenvalue weighted by molar-refractivity contribution is -0.123. The summed E-state index contributed by atoms with van der Waals surface area (Å²) in [6.07, 6.45) is 1.59. The number of benzene rings is 1. The third-order valence-corrected chi connectivity index (χ3v) is 3.93. The average molecular weight is 337 g/mol. The van der Waals surface area contributed by atoms with Crippen molar-refractivity contribution in [3.05, 3.63) is 40.4 Å². The van der Waals surface area contributed by atoms with Gasteiger partial charge in [-0.1, -0.05) is 25.4 Å². The van der Waals surface area contributed by atoms with Crippen LogP contribution in [0.3, 0.4) is 0 Å². The number of amides is 1. The summed E-state index contributed by atoms with van der Waals surface area (Å²) >= 11 is 6.16. The van der Waals surface area contributed by atoms with Gasteiger partial charge in [0.2, 0.25) is 0 Å². The van der Waals surface area contributed by atoms with Crippen LogP contribution in [0.15, 0.2) is 18.5 Å². The molecule has 0 aliphatic carbocycles. The first-order valence-corrected chi connectivity index (χ1v) is 7.78. The van der Waals surface area contributed by atoms with Crippen molar-refractivity contribution >= 4 is 17.5 Å². The van der Waals surface area contributed by atoms with Gasteiger partial charge in [0.25, 0.3) is 5.91 Å². The minimum Gasteiger partial charge on any atom is -0.483 e. The first kappa shape index (κ1) is 17.3. The fourth-order valence-electron chi connectivity index (χ4n) is 2.09. The largest absolute Gasteiger partial charge is 0.483 e. The molecule has 0 spiro atoms. The molecular weight excluding hydrogens is 316 g/mol. The summed E-state index contributed by atoms with van der Waals surface area (Å²) in [6, 6.07) is 3.77. The van der Waals surface area contributed by atoms with Gasteiger partial charge in [-0.05, 0) is 36.1 Å². The van der Waals surface area contributed by atoms with Crippen molar-refractivity contribution in [2.45, 2.75) is 33.2 Å². The molecule has 6 nitrogen and oxygen atoms in total. The third kappa shape index (κ3) is 4.45. The van der Waals surface area contributed by atoms with E-state index >= 15 is 0 Å². The maximum absolute atomic E-state index is 11.9. The van der Waals surface area contributed by atoms with E-state index in [0.29, 0.717) is 23.1 Å². The Kier molecular flexibility index (Phi) is 5.60. The predicted octanol–water partition coefficient (Wildman–Crippen LogP) is 2.60. The van der Waals surface area contributed by atoms with E-state index in [-0.39, 0.29) is 18.4 Å². The highest BCUT2D eigenvalue weighted by Gasteiger charge is 2.13. The Hall–Kier alpha value is -2.08. The molecule has 0 bridgehead atoms. The van der Waals surface area contributed by atoms with Gasteiger partial charge in [0.05, 0.1) is 6.54 Å². The van der Waals surface area contributed by atoms with E-state index in [2.05, 4.69) is 29.4 Å². The molecule has 0 radical (unpaired) electrons. The van der Waals surface area contributed by atoms with Gasteiger partial charge < -0.3 is 14.6 Å². The second-order valence-corrected chi connectivity index (χ2v) is 6.12. The van der Waals surface area contributed by atoms with Crippen LogP contribution in [0.25, 0.3) is 0 Å². The molecule has 2 rings (SSSR count). The van der Waals surface area contributed by atoms with Crippen molar-refractivity contribution in [2.24, 2.45) is 7.05 Å². The number of hydrogen-bond acceptors (Lipinski definition) is 4. The lowest BCUT2D eigenvalue weighted by atomic mass is 10.0. The summed E-state index contributed by atoms with van der Waals surface area (Å²) < 4.78 is 7.43. The topological polar surface area (TPSA) is 69.0 Å². The van der Waals surface area contributed by atoms with Gasteiger partial charge in [0, 0.05) is 12.1 Å². The van der Waals surface area contributed by atoms with Gasteiger partial charge >= 0.3 is 0 Å². The van der Waals surface area contributed by atoms with Gasteiger partial charge in [-0.25, -0.2) is 0 Å². The van der Waals surface area contributed by atoms with E-state index in [1.54, 1.807) is 10.9 Å². The van der Waals surface area contributed by atoms with Crippen molar-refractivity contribution in [1.82, 2.24) is 20.1 Å². The van der Waals surface area contributed by atoms with Crippen molar-refractivity contribution in [3.8, 4) is 5.75 Å². The van der Waals surface area contributed by atoms with Gasteiger partial charge in [0.15, 0.2) is 12.4 Å². The van der Waals surface area contributed by atoms with Crippen LogP contribution in [0.5, 0.6) is 5.75 Å². The number of hydrogen-bond donors (Lipinski definition) is 1. The lowest BCUT2D eigenvalue weighted by Crippen LogP contribution is -2.29. The highest BCUT2D eigenvalue weighted by Crippen LogP contribution is 2.31. The van der Waals surface area contributed by atoms with Crippen molar-refractivity contribution in [2.75, 3.05) is 6.61 Å². The smallest absolute Gasteiger partial charge is 0.258 e. The van der Waals surface area contributed by atoms with Crippen LogP contribution in [0, 0.1) is 6.92 Å². The van der Waals surface area contributed by atoms with E-state index in [0.717, 1.165) is 11.1 Å². The van der Waals surface area contributed by atoms with E-state index in [1.807, 2.05) is 26.1 Å². The number of carbonyl (C=O) groups excluding carboxylic acids is 1. The Balaban J connectivity index is 1.96. The highest BCUT2D eigenvalue weighted by molar-refractivity contribution is 6.31. The summed E-state index contributed by atoms with van der Waals surface area (Å²) in [7, 11) is 1.82. The molecule has 1 amide bonds. The number of carbonyl (C=O) groups is 1. The second kappa shape index (κ2) is 7.46. The molecule has 2 aromatic rings. The number of ether oxygens (including phenoxy) is 1. The summed E-state index contributed by atoms with van der Waals surface area (Å²) in [5, 5.41) is 11.1. The molecule has 0 fully saturated rings. The Morgan fingerprint density at radius 3 is 2.78 bits per heavy atom. The fourth-order valence-corrected chi connectivity index (χ4v) is 2.26. The number of aromatic nitrogens is 3.